The summed E-state index contributed by atoms with van der Waals surface area (Å²) in [6.07, 6.45) is 1.68. The highest BCUT2D eigenvalue weighted by molar-refractivity contribution is 5.99. The molecule has 0 unspecified atom stereocenters. The molecule has 2 heterocycles. The lowest BCUT2D eigenvalue weighted by atomic mass is 10.1. The zero-order valence-corrected chi connectivity index (χ0v) is 11.7. The Morgan fingerprint density at radius 3 is 2.90 bits per heavy atom. The van der Waals surface area contributed by atoms with Crippen LogP contribution < -0.4 is 5.73 Å². The van der Waals surface area contributed by atoms with E-state index in [2.05, 4.69) is 15.3 Å². The monoisotopic (exact) mass is 281 g/mol. The van der Waals surface area contributed by atoms with E-state index in [-0.39, 0.29) is 12.3 Å². The lowest BCUT2D eigenvalue weighted by Crippen LogP contribution is -2.11. The summed E-state index contributed by atoms with van der Waals surface area (Å²) in [6, 6.07) is 9.41. The number of hydrogen-bond donors (Lipinski definition) is 1. The summed E-state index contributed by atoms with van der Waals surface area (Å²) >= 11 is 0. The van der Waals surface area contributed by atoms with Crippen LogP contribution in [0.25, 0.3) is 10.9 Å². The smallest absolute Gasteiger partial charge is 0.184 e. The van der Waals surface area contributed by atoms with Crippen molar-refractivity contribution in [2.75, 3.05) is 0 Å². The first kappa shape index (κ1) is 13.4. The van der Waals surface area contributed by atoms with Crippen LogP contribution in [-0.2, 0) is 13.1 Å². The van der Waals surface area contributed by atoms with E-state index in [1.807, 2.05) is 31.2 Å². The number of aromatic nitrogens is 4. The molecule has 106 valence electrons. The maximum atomic E-state index is 12.3. The van der Waals surface area contributed by atoms with E-state index < -0.39 is 0 Å². The molecular formula is C15H15N5O. The highest BCUT2D eigenvalue weighted by Crippen LogP contribution is 2.15. The van der Waals surface area contributed by atoms with E-state index in [9.17, 15) is 4.79 Å². The lowest BCUT2D eigenvalue weighted by molar-refractivity contribution is 0.0967. The van der Waals surface area contributed by atoms with Gasteiger partial charge in [-0.15, -0.1) is 5.10 Å². The van der Waals surface area contributed by atoms with Crippen molar-refractivity contribution in [1.29, 1.82) is 0 Å². The fourth-order valence-electron chi connectivity index (χ4n) is 2.15. The summed E-state index contributed by atoms with van der Waals surface area (Å²) in [5.74, 6) is -0.0223. The number of hydrogen-bond acceptors (Lipinski definition) is 5. The molecule has 0 spiro atoms. The number of carbonyl (C=O) groups is 1. The number of benzene rings is 1. The number of nitrogens with two attached hydrogens (primary N) is 1. The number of carbonyl (C=O) groups excluding carboxylic acids is 1. The predicted octanol–water partition coefficient (Wildman–Crippen LogP) is 1.48. The number of aryl methyl sites for hydroxylation is 1. The van der Waals surface area contributed by atoms with E-state index in [1.165, 1.54) is 4.68 Å². The second-order valence-electron chi connectivity index (χ2n) is 4.89. The zero-order chi connectivity index (χ0) is 14.8. The standard InChI is InChI=1S/C15H15N5O/c1-10-2-3-11-6-12(4-5-14(11)17-10)15(21)9-20-8-13(7-16)18-19-20/h2-6,8H,7,9,16H2,1H3. The van der Waals surface area contributed by atoms with Gasteiger partial charge in [-0.05, 0) is 31.2 Å². The molecule has 0 radical (unpaired) electrons. The molecule has 0 atom stereocenters. The maximum Gasteiger partial charge on any atom is 0.184 e. The summed E-state index contributed by atoms with van der Waals surface area (Å²) in [5.41, 5.74) is 8.62. The van der Waals surface area contributed by atoms with Gasteiger partial charge in [0.05, 0.1) is 17.4 Å². The SMILES string of the molecule is Cc1ccc2cc(C(=O)Cn3cc(CN)nn3)ccc2n1. The normalized spacial score (nSPS) is 11.0. The minimum atomic E-state index is -0.0223. The van der Waals surface area contributed by atoms with Crippen molar-refractivity contribution in [3.8, 4) is 0 Å². The highest BCUT2D eigenvalue weighted by Gasteiger charge is 2.09. The van der Waals surface area contributed by atoms with Gasteiger partial charge in [0, 0.05) is 23.2 Å². The summed E-state index contributed by atoms with van der Waals surface area (Å²) in [5, 5.41) is 8.70. The Kier molecular flexibility index (Phi) is 3.45. The van der Waals surface area contributed by atoms with Crippen LogP contribution in [0.1, 0.15) is 21.7 Å². The van der Waals surface area contributed by atoms with Crippen molar-refractivity contribution >= 4 is 16.7 Å². The Morgan fingerprint density at radius 2 is 2.14 bits per heavy atom. The molecule has 0 amide bonds. The minimum absolute atomic E-state index is 0.0223. The fourth-order valence-corrected chi connectivity index (χ4v) is 2.15. The van der Waals surface area contributed by atoms with Crippen LogP contribution in [-0.4, -0.2) is 25.8 Å². The third-order valence-electron chi connectivity index (χ3n) is 3.25. The number of ketones is 1. The van der Waals surface area contributed by atoms with Crippen molar-refractivity contribution in [1.82, 2.24) is 20.0 Å². The Labute approximate surface area is 121 Å². The van der Waals surface area contributed by atoms with E-state index in [0.29, 0.717) is 17.8 Å². The van der Waals surface area contributed by atoms with Crippen molar-refractivity contribution < 1.29 is 4.79 Å². The lowest BCUT2D eigenvalue weighted by Gasteiger charge is -2.03. The van der Waals surface area contributed by atoms with Crippen molar-refractivity contribution in [3.63, 3.8) is 0 Å². The van der Waals surface area contributed by atoms with Crippen LogP contribution >= 0.6 is 0 Å². The number of Topliss-reactive ketones (excluding diaryl/α,β-unsaturated/α-hetero) is 1. The molecule has 0 saturated carbocycles. The second kappa shape index (κ2) is 5.41. The van der Waals surface area contributed by atoms with Crippen LogP contribution in [0, 0.1) is 6.92 Å². The second-order valence-corrected chi connectivity index (χ2v) is 4.89. The van der Waals surface area contributed by atoms with Crippen molar-refractivity contribution in [3.05, 3.63) is 53.5 Å². The first-order chi connectivity index (χ1) is 10.2. The molecule has 6 nitrogen and oxygen atoms in total. The molecule has 3 aromatic rings. The van der Waals surface area contributed by atoms with E-state index in [1.54, 1.807) is 12.3 Å². The van der Waals surface area contributed by atoms with Gasteiger partial charge in [-0.1, -0.05) is 11.3 Å². The van der Waals surface area contributed by atoms with Gasteiger partial charge >= 0.3 is 0 Å². The van der Waals surface area contributed by atoms with Crippen molar-refractivity contribution in [2.45, 2.75) is 20.0 Å². The number of pyridine rings is 1. The largest absolute Gasteiger partial charge is 0.325 e. The fraction of sp³-hybridized carbons (Fsp3) is 0.200. The first-order valence-corrected chi connectivity index (χ1v) is 6.65. The van der Waals surface area contributed by atoms with Gasteiger partial charge in [0.25, 0.3) is 0 Å². The van der Waals surface area contributed by atoms with Crippen LogP contribution in [0.3, 0.4) is 0 Å². The summed E-state index contributed by atoms with van der Waals surface area (Å²) < 4.78 is 1.50. The molecule has 2 aromatic heterocycles. The Hall–Kier alpha value is -2.60. The average molecular weight is 281 g/mol. The van der Waals surface area contributed by atoms with Gasteiger partial charge in [-0.2, -0.15) is 0 Å². The number of rotatable bonds is 4. The van der Waals surface area contributed by atoms with Crippen LogP contribution in [0.2, 0.25) is 0 Å². The number of nitrogens with zero attached hydrogens (tertiary/aromatic N) is 4. The van der Waals surface area contributed by atoms with E-state index in [4.69, 9.17) is 5.73 Å². The average Bonchev–Trinajstić information content (AvgIpc) is 2.94. The molecule has 6 heteroatoms. The minimum Gasteiger partial charge on any atom is -0.325 e. The molecule has 0 saturated heterocycles. The van der Waals surface area contributed by atoms with Crippen LogP contribution in [0.5, 0.6) is 0 Å². The van der Waals surface area contributed by atoms with E-state index >= 15 is 0 Å². The summed E-state index contributed by atoms with van der Waals surface area (Å²) in [7, 11) is 0. The summed E-state index contributed by atoms with van der Waals surface area (Å²) in [6.45, 7) is 2.41. The molecule has 0 aliphatic rings. The predicted molar refractivity (Wildman–Crippen MR) is 78.7 cm³/mol. The van der Waals surface area contributed by atoms with Gasteiger partial charge in [0.15, 0.2) is 5.78 Å². The Bertz CT molecular complexity index is 809. The molecule has 0 aliphatic heterocycles. The molecule has 2 N–H and O–H groups in total. The molecule has 0 aliphatic carbocycles. The van der Waals surface area contributed by atoms with Gasteiger partial charge in [-0.3, -0.25) is 9.78 Å². The van der Waals surface area contributed by atoms with Crippen LogP contribution in [0.4, 0.5) is 0 Å². The van der Waals surface area contributed by atoms with Gasteiger partial charge in [0.2, 0.25) is 0 Å². The number of fused-ring (bicyclic) bond motifs is 1. The summed E-state index contributed by atoms with van der Waals surface area (Å²) in [4.78, 5) is 16.7. The molecule has 1 aromatic carbocycles. The van der Waals surface area contributed by atoms with Crippen molar-refractivity contribution in [2.24, 2.45) is 5.73 Å². The highest BCUT2D eigenvalue weighted by atomic mass is 16.1. The molecule has 3 rings (SSSR count). The van der Waals surface area contributed by atoms with E-state index in [0.717, 1.165) is 16.6 Å². The molecular weight excluding hydrogens is 266 g/mol. The molecule has 0 fully saturated rings. The topological polar surface area (TPSA) is 86.7 Å². The molecule has 21 heavy (non-hydrogen) atoms. The Balaban J connectivity index is 1.85. The Morgan fingerprint density at radius 1 is 1.29 bits per heavy atom. The van der Waals surface area contributed by atoms with Gasteiger partial charge in [0.1, 0.15) is 6.54 Å². The zero-order valence-electron chi connectivity index (χ0n) is 11.7. The molecule has 0 bridgehead atoms. The first-order valence-electron chi connectivity index (χ1n) is 6.65. The van der Waals surface area contributed by atoms with Gasteiger partial charge < -0.3 is 5.73 Å². The maximum absolute atomic E-state index is 12.3. The van der Waals surface area contributed by atoms with Gasteiger partial charge in [-0.25, -0.2) is 4.68 Å². The quantitative estimate of drug-likeness (QED) is 0.732. The van der Waals surface area contributed by atoms with Crippen LogP contribution in [0.15, 0.2) is 36.5 Å². The third kappa shape index (κ3) is 2.80. The third-order valence-corrected chi connectivity index (χ3v) is 3.25.